The van der Waals surface area contributed by atoms with Crippen LogP contribution in [0.1, 0.15) is 54.1 Å². The number of benzene rings is 2. The number of hydrogen-bond donors (Lipinski definition) is 2. The lowest BCUT2D eigenvalue weighted by molar-refractivity contribution is -0.137. The quantitative estimate of drug-likeness (QED) is 0.311. The normalized spacial score (nSPS) is 12.5. The zero-order chi connectivity index (χ0) is 27.3. The van der Waals surface area contributed by atoms with Crippen LogP contribution in [0.2, 0.25) is 5.02 Å². The summed E-state index contributed by atoms with van der Waals surface area (Å²) < 4.78 is 40.8. The number of aromatic nitrogens is 3. The highest BCUT2D eigenvalue weighted by Crippen LogP contribution is 2.34. The van der Waals surface area contributed by atoms with Crippen LogP contribution in [0.25, 0.3) is 0 Å². The molecule has 3 aromatic rings. The van der Waals surface area contributed by atoms with Gasteiger partial charge in [-0.05, 0) is 50.1 Å². The molecular weight excluding hydrogens is 527 g/mol. The van der Waals surface area contributed by atoms with E-state index in [4.69, 9.17) is 11.6 Å². The number of carbonyl (C=O) groups excluding carboxylic acids is 2. The second-order valence-corrected chi connectivity index (χ2v) is 10.0. The Morgan fingerprint density at radius 2 is 1.86 bits per heavy atom. The van der Waals surface area contributed by atoms with Crippen molar-refractivity contribution < 1.29 is 22.8 Å². The second kappa shape index (κ2) is 12.0. The Labute approximate surface area is 222 Å². The first-order chi connectivity index (χ1) is 17.4. The van der Waals surface area contributed by atoms with Crippen molar-refractivity contribution in [2.24, 2.45) is 5.92 Å². The standard InChI is InChI=1S/C25H27ClF3N5O2S/c1-5-34-22(21(14(2)3)31-23(36)16-8-6-7-15(4)11-16)32-33-24(34)37-13-20(35)30-19-12-17(25(27,28)29)9-10-18(19)26/h6-12,14,21H,5,13H2,1-4H3,(H,30,35)(H,31,36)/t21-/m0/s1. The average molecular weight is 554 g/mol. The Morgan fingerprint density at radius 3 is 2.49 bits per heavy atom. The summed E-state index contributed by atoms with van der Waals surface area (Å²) in [5.74, 6) is -0.381. The van der Waals surface area contributed by atoms with E-state index in [0.29, 0.717) is 23.1 Å². The molecule has 0 radical (unpaired) electrons. The van der Waals surface area contributed by atoms with E-state index in [1.54, 1.807) is 16.7 Å². The fourth-order valence-corrected chi connectivity index (χ4v) is 4.56. The van der Waals surface area contributed by atoms with Gasteiger partial charge in [-0.15, -0.1) is 10.2 Å². The predicted molar refractivity (Wildman–Crippen MR) is 138 cm³/mol. The van der Waals surface area contributed by atoms with Crippen LogP contribution in [0, 0.1) is 12.8 Å². The Balaban J connectivity index is 1.73. The molecular formula is C25H27ClF3N5O2S. The van der Waals surface area contributed by atoms with E-state index in [0.717, 1.165) is 35.5 Å². The highest BCUT2D eigenvalue weighted by molar-refractivity contribution is 7.99. The monoisotopic (exact) mass is 553 g/mol. The second-order valence-electron chi connectivity index (χ2n) is 8.68. The molecule has 0 saturated heterocycles. The van der Waals surface area contributed by atoms with Gasteiger partial charge in [0.05, 0.1) is 28.1 Å². The number of alkyl halides is 3. The van der Waals surface area contributed by atoms with Crippen molar-refractivity contribution in [3.63, 3.8) is 0 Å². The molecule has 1 heterocycles. The van der Waals surface area contributed by atoms with Gasteiger partial charge in [0.25, 0.3) is 5.91 Å². The minimum absolute atomic E-state index is 0.00510. The van der Waals surface area contributed by atoms with E-state index in [2.05, 4.69) is 20.8 Å². The molecule has 1 aromatic heterocycles. The zero-order valence-electron chi connectivity index (χ0n) is 20.7. The average Bonchev–Trinajstić information content (AvgIpc) is 3.24. The lowest BCUT2D eigenvalue weighted by Gasteiger charge is -2.22. The number of thioether (sulfide) groups is 1. The molecule has 0 bridgehead atoms. The third-order valence-electron chi connectivity index (χ3n) is 5.47. The van der Waals surface area contributed by atoms with E-state index in [-0.39, 0.29) is 28.3 Å². The highest BCUT2D eigenvalue weighted by Gasteiger charge is 2.31. The van der Waals surface area contributed by atoms with E-state index >= 15 is 0 Å². The maximum atomic E-state index is 13.0. The number of hydrogen-bond acceptors (Lipinski definition) is 5. The molecule has 2 N–H and O–H groups in total. The summed E-state index contributed by atoms with van der Waals surface area (Å²) in [6.45, 7) is 8.18. The third-order valence-corrected chi connectivity index (χ3v) is 6.77. The molecule has 2 amide bonds. The van der Waals surface area contributed by atoms with Crippen LogP contribution in [0.15, 0.2) is 47.6 Å². The number of aryl methyl sites for hydroxylation is 1. The SMILES string of the molecule is CCn1c(SCC(=O)Nc2cc(C(F)(F)F)ccc2Cl)nnc1[C@@H](NC(=O)c1cccc(C)c1)C(C)C. The molecule has 3 rings (SSSR count). The van der Waals surface area contributed by atoms with Crippen LogP contribution in [-0.4, -0.2) is 32.3 Å². The van der Waals surface area contributed by atoms with Gasteiger partial charge in [0.15, 0.2) is 11.0 Å². The first kappa shape index (κ1) is 28.5. The molecule has 198 valence electrons. The van der Waals surface area contributed by atoms with Crippen molar-refractivity contribution in [1.82, 2.24) is 20.1 Å². The smallest absolute Gasteiger partial charge is 0.342 e. The van der Waals surface area contributed by atoms with Crippen LogP contribution in [0.5, 0.6) is 0 Å². The topological polar surface area (TPSA) is 88.9 Å². The molecule has 0 aliphatic heterocycles. The van der Waals surface area contributed by atoms with Crippen LogP contribution < -0.4 is 10.6 Å². The van der Waals surface area contributed by atoms with Gasteiger partial charge in [0.1, 0.15) is 0 Å². The van der Waals surface area contributed by atoms with Crippen LogP contribution >= 0.6 is 23.4 Å². The minimum atomic E-state index is -4.56. The van der Waals surface area contributed by atoms with Crippen molar-refractivity contribution in [2.45, 2.75) is 51.6 Å². The van der Waals surface area contributed by atoms with E-state index < -0.39 is 23.7 Å². The van der Waals surface area contributed by atoms with Gasteiger partial charge in [-0.2, -0.15) is 13.2 Å². The van der Waals surface area contributed by atoms with Crippen molar-refractivity contribution in [2.75, 3.05) is 11.1 Å². The molecule has 37 heavy (non-hydrogen) atoms. The van der Waals surface area contributed by atoms with Gasteiger partial charge >= 0.3 is 6.18 Å². The van der Waals surface area contributed by atoms with Crippen LogP contribution in [-0.2, 0) is 17.5 Å². The Kier molecular flexibility index (Phi) is 9.25. The Morgan fingerprint density at radius 1 is 1.14 bits per heavy atom. The number of carbonyl (C=O) groups is 2. The van der Waals surface area contributed by atoms with E-state index in [9.17, 15) is 22.8 Å². The molecule has 1 atom stereocenters. The summed E-state index contributed by atoms with van der Waals surface area (Å²) in [6.07, 6.45) is -4.56. The number of rotatable bonds is 9. The van der Waals surface area contributed by atoms with Gasteiger partial charge in [-0.1, -0.05) is 54.9 Å². The first-order valence-electron chi connectivity index (χ1n) is 11.5. The molecule has 7 nitrogen and oxygen atoms in total. The molecule has 0 aliphatic rings. The summed E-state index contributed by atoms with van der Waals surface area (Å²) in [4.78, 5) is 25.4. The largest absolute Gasteiger partial charge is 0.416 e. The highest BCUT2D eigenvalue weighted by atomic mass is 35.5. The van der Waals surface area contributed by atoms with Gasteiger partial charge in [-0.3, -0.25) is 9.59 Å². The fraction of sp³-hybridized carbons (Fsp3) is 0.360. The van der Waals surface area contributed by atoms with Gasteiger partial charge in [0.2, 0.25) is 5.91 Å². The molecule has 0 spiro atoms. The zero-order valence-corrected chi connectivity index (χ0v) is 22.3. The molecule has 0 unspecified atom stereocenters. The molecule has 12 heteroatoms. The number of nitrogens with zero attached hydrogens (tertiary/aromatic N) is 3. The van der Waals surface area contributed by atoms with E-state index in [1.165, 1.54) is 0 Å². The maximum absolute atomic E-state index is 13.0. The molecule has 0 saturated carbocycles. The predicted octanol–water partition coefficient (Wildman–Crippen LogP) is 6.14. The lowest BCUT2D eigenvalue weighted by Crippen LogP contribution is -2.33. The lowest BCUT2D eigenvalue weighted by atomic mass is 10.0. The summed E-state index contributed by atoms with van der Waals surface area (Å²) >= 11 is 7.05. The minimum Gasteiger partial charge on any atom is -0.342 e. The van der Waals surface area contributed by atoms with Gasteiger partial charge < -0.3 is 15.2 Å². The number of amides is 2. The van der Waals surface area contributed by atoms with Gasteiger partial charge in [-0.25, -0.2) is 0 Å². The molecule has 2 aromatic carbocycles. The summed E-state index contributed by atoms with van der Waals surface area (Å²) in [6, 6.07) is 9.55. The Hall–Kier alpha value is -3.05. The number of halogens is 4. The van der Waals surface area contributed by atoms with Gasteiger partial charge in [0, 0.05) is 12.1 Å². The van der Waals surface area contributed by atoms with Crippen molar-refractivity contribution in [1.29, 1.82) is 0 Å². The summed E-state index contributed by atoms with van der Waals surface area (Å²) in [5.41, 5.74) is 0.461. The first-order valence-corrected chi connectivity index (χ1v) is 12.9. The third kappa shape index (κ3) is 7.26. The van der Waals surface area contributed by atoms with Crippen molar-refractivity contribution in [3.05, 3.63) is 70.0 Å². The van der Waals surface area contributed by atoms with Crippen LogP contribution in [0.4, 0.5) is 18.9 Å². The number of anilines is 1. The fourth-order valence-electron chi connectivity index (χ4n) is 3.59. The van der Waals surface area contributed by atoms with Crippen LogP contribution in [0.3, 0.4) is 0 Å². The number of nitrogens with one attached hydrogen (secondary N) is 2. The summed E-state index contributed by atoms with van der Waals surface area (Å²) in [5, 5.41) is 14.4. The van der Waals surface area contributed by atoms with Crippen molar-refractivity contribution in [3.8, 4) is 0 Å². The van der Waals surface area contributed by atoms with E-state index in [1.807, 2.05) is 39.8 Å². The molecule has 0 fully saturated rings. The van der Waals surface area contributed by atoms with Crippen molar-refractivity contribution >= 4 is 40.9 Å². The molecule has 0 aliphatic carbocycles. The summed E-state index contributed by atoms with van der Waals surface area (Å²) in [7, 11) is 0. The maximum Gasteiger partial charge on any atom is 0.416 e. The Bertz CT molecular complexity index is 1280.